The second-order valence-electron chi connectivity index (χ2n) is 5.10. The number of imidazole rings is 1. The molecule has 21 heavy (non-hydrogen) atoms. The summed E-state index contributed by atoms with van der Waals surface area (Å²) < 4.78 is 0. The van der Waals surface area contributed by atoms with Gasteiger partial charge in [-0.1, -0.05) is 42.8 Å². The lowest BCUT2D eigenvalue weighted by atomic mass is 10.0. The predicted octanol–water partition coefficient (Wildman–Crippen LogP) is 4.46. The summed E-state index contributed by atoms with van der Waals surface area (Å²) in [5.41, 5.74) is 3.29. The van der Waals surface area contributed by atoms with Crippen LogP contribution in [0.4, 0.5) is 0 Å². The van der Waals surface area contributed by atoms with Gasteiger partial charge in [0.1, 0.15) is 5.82 Å². The third kappa shape index (κ3) is 3.26. The zero-order valence-electron chi connectivity index (χ0n) is 11.9. The van der Waals surface area contributed by atoms with Gasteiger partial charge in [-0.2, -0.15) is 0 Å². The fourth-order valence-electron chi connectivity index (χ4n) is 2.53. The molecule has 1 aromatic heterocycles. The summed E-state index contributed by atoms with van der Waals surface area (Å²) in [7, 11) is 0. The molecule has 0 aliphatic heterocycles. The fourth-order valence-corrected chi connectivity index (χ4v) is 2.73. The van der Waals surface area contributed by atoms with E-state index in [9.17, 15) is 0 Å². The normalized spacial score (nSPS) is 12.7. The average molecular weight is 300 g/mol. The first-order chi connectivity index (χ1) is 10.3. The number of fused-ring (bicyclic) bond motifs is 1. The molecule has 108 valence electrons. The van der Waals surface area contributed by atoms with E-state index < -0.39 is 0 Å². The van der Waals surface area contributed by atoms with Crippen LogP contribution >= 0.6 is 11.6 Å². The molecule has 4 heteroatoms. The van der Waals surface area contributed by atoms with Gasteiger partial charge in [0.05, 0.1) is 17.6 Å². The summed E-state index contributed by atoms with van der Waals surface area (Å²) >= 11 is 6.07. The van der Waals surface area contributed by atoms with Crippen molar-refractivity contribution in [3.05, 3.63) is 64.9 Å². The van der Waals surface area contributed by atoms with Gasteiger partial charge in [-0.3, -0.25) is 0 Å². The maximum absolute atomic E-state index is 6.07. The number of nitrogens with zero attached hydrogens (tertiary/aromatic N) is 1. The van der Waals surface area contributed by atoms with E-state index in [1.54, 1.807) is 0 Å². The minimum absolute atomic E-state index is 0.275. The smallest absolute Gasteiger partial charge is 0.121 e. The van der Waals surface area contributed by atoms with Crippen LogP contribution in [0.2, 0.25) is 5.02 Å². The summed E-state index contributed by atoms with van der Waals surface area (Å²) in [5, 5.41) is 4.31. The molecule has 3 rings (SSSR count). The molecule has 0 radical (unpaired) electrons. The molecule has 3 nitrogen and oxygen atoms in total. The topological polar surface area (TPSA) is 40.7 Å². The second kappa shape index (κ2) is 6.29. The van der Waals surface area contributed by atoms with E-state index in [2.05, 4.69) is 28.3 Å². The number of hydrogen-bond donors (Lipinski definition) is 2. The first kappa shape index (κ1) is 14.1. The van der Waals surface area contributed by atoms with Crippen LogP contribution in [0.15, 0.2) is 48.5 Å². The second-order valence-corrected chi connectivity index (χ2v) is 5.53. The number of benzene rings is 2. The molecule has 0 saturated heterocycles. The van der Waals surface area contributed by atoms with Crippen LogP contribution in [0.5, 0.6) is 0 Å². The van der Waals surface area contributed by atoms with Gasteiger partial charge in [0.2, 0.25) is 0 Å². The Kier molecular flexibility index (Phi) is 4.23. The van der Waals surface area contributed by atoms with Crippen LogP contribution in [-0.2, 0) is 6.54 Å². The lowest BCUT2D eigenvalue weighted by Crippen LogP contribution is -2.20. The van der Waals surface area contributed by atoms with Crippen molar-refractivity contribution in [1.82, 2.24) is 15.3 Å². The molecule has 2 N–H and O–H groups in total. The van der Waals surface area contributed by atoms with Crippen molar-refractivity contribution in [1.29, 1.82) is 0 Å². The third-order valence-corrected chi connectivity index (χ3v) is 3.85. The standard InChI is InChI=1S/C17H18ClN3/c1-2-14(12-6-5-7-13(18)10-12)19-11-17-20-15-8-3-4-9-16(15)21-17/h3-10,14,19H,2,11H2,1H3,(H,20,21). The number of H-pyrrole nitrogens is 1. The van der Waals surface area contributed by atoms with Crippen molar-refractivity contribution in [3.8, 4) is 0 Å². The molecule has 2 aromatic carbocycles. The number of nitrogens with one attached hydrogen (secondary N) is 2. The van der Waals surface area contributed by atoms with Crippen LogP contribution in [0, 0.1) is 0 Å². The SMILES string of the molecule is CCC(NCc1nc2ccccc2[nH]1)c1cccc(Cl)c1. The number of aromatic nitrogens is 2. The van der Waals surface area contributed by atoms with Gasteiger partial charge in [0, 0.05) is 11.1 Å². The molecular weight excluding hydrogens is 282 g/mol. The Labute approximate surface area is 129 Å². The molecule has 0 fully saturated rings. The minimum Gasteiger partial charge on any atom is -0.341 e. The van der Waals surface area contributed by atoms with Crippen molar-refractivity contribution < 1.29 is 0 Å². The number of aromatic amines is 1. The van der Waals surface area contributed by atoms with Crippen molar-refractivity contribution in [2.24, 2.45) is 0 Å². The summed E-state index contributed by atoms with van der Waals surface area (Å²) in [5.74, 6) is 0.955. The highest BCUT2D eigenvalue weighted by atomic mass is 35.5. The highest BCUT2D eigenvalue weighted by Gasteiger charge is 2.10. The number of rotatable bonds is 5. The lowest BCUT2D eigenvalue weighted by molar-refractivity contribution is 0.511. The van der Waals surface area contributed by atoms with Gasteiger partial charge in [-0.05, 0) is 36.2 Å². The maximum atomic E-state index is 6.07. The van der Waals surface area contributed by atoms with Crippen LogP contribution in [0.1, 0.15) is 30.8 Å². The Morgan fingerprint density at radius 2 is 2.05 bits per heavy atom. The van der Waals surface area contributed by atoms with E-state index >= 15 is 0 Å². The summed E-state index contributed by atoms with van der Waals surface area (Å²) in [4.78, 5) is 7.92. The zero-order chi connectivity index (χ0) is 14.7. The molecule has 0 spiro atoms. The molecule has 0 bridgehead atoms. The van der Waals surface area contributed by atoms with E-state index in [1.807, 2.05) is 42.5 Å². The molecule has 1 unspecified atom stereocenters. The monoisotopic (exact) mass is 299 g/mol. The Balaban J connectivity index is 1.73. The van der Waals surface area contributed by atoms with Gasteiger partial charge >= 0.3 is 0 Å². The molecule has 3 aromatic rings. The highest BCUT2D eigenvalue weighted by Crippen LogP contribution is 2.21. The largest absolute Gasteiger partial charge is 0.341 e. The van der Waals surface area contributed by atoms with Gasteiger partial charge in [-0.25, -0.2) is 4.98 Å². The maximum Gasteiger partial charge on any atom is 0.121 e. The molecule has 0 amide bonds. The number of para-hydroxylation sites is 2. The van der Waals surface area contributed by atoms with Crippen molar-refractivity contribution in [2.75, 3.05) is 0 Å². The summed E-state index contributed by atoms with van der Waals surface area (Å²) in [6.07, 6.45) is 1.00. The molecule has 1 heterocycles. The van der Waals surface area contributed by atoms with Crippen LogP contribution in [0.25, 0.3) is 11.0 Å². The van der Waals surface area contributed by atoms with Crippen LogP contribution in [0.3, 0.4) is 0 Å². The average Bonchev–Trinajstić information content (AvgIpc) is 2.91. The van der Waals surface area contributed by atoms with Crippen molar-refractivity contribution in [2.45, 2.75) is 25.9 Å². The van der Waals surface area contributed by atoms with Crippen LogP contribution < -0.4 is 5.32 Å². The van der Waals surface area contributed by atoms with Gasteiger partial charge in [0.15, 0.2) is 0 Å². The molecule has 0 aliphatic rings. The van der Waals surface area contributed by atoms with E-state index in [0.29, 0.717) is 6.54 Å². The Morgan fingerprint density at radius 3 is 2.81 bits per heavy atom. The quantitative estimate of drug-likeness (QED) is 0.730. The Morgan fingerprint density at radius 1 is 1.19 bits per heavy atom. The Bertz CT molecular complexity index is 702. The van der Waals surface area contributed by atoms with E-state index in [0.717, 1.165) is 28.3 Å². The zero-order valence-corrected chi connectivity index (χ0v) is 12.7. The van der Waals surface area contributed by atoms with Gasteiger partial charge in [-0.15, -0.1) is 0 Å². The molecular formula is C17H18ClN3. The number of hydrogen-bond acceptors (Lipinski definition) is 2. The van der Waals surface area contributed by atoms with E-state index in [1.165, 1.54) is 5.56 Å². The summed E-state index contributed by atoms with van der Waals surface area (Å²) in [6.45, 7) is 2.87. The lowest BCUT2D eigenvalue weighted by Gasteiger charge is -2.16. The Hall–Kier alpha value is -1.84. The predicted molar refractivity (Wildman–Crippen MR) is 87.4 cm³/mol. The fraction of sp³-hybridized carbons (Fsp3) is 0.235. The minimum atomic E-state index is 0.275. The van der Waals surface area contributed by atoms with Crippen molar-refractivity contribution >= 4 is 22.6 Å². The van der Waals surface area contributed by atoms with Crippen LogP contribution in [-0.4, -0.2) is 9.97 Å². The summed E-state index contributed by atoms with van der Waals surface area (Å²) in [6, 6.07) is 16.4. The van der Waals surface area contributed by atoms with E-state index in [4.69, 9.17) is 11.6 Å². The van der Waals surface area contributed by atoms with E-state index in [-0.39, 0.29) is 6.04 Å². The molecule has 0 saturated carbocycles. The first-order valence-electron chi connectivity index (χ1n) is 7.18. The molecule has 0 aliphatic carbocycles. The first-order valence-corrected chi connectivity index (χ1v) is 7.56. The van der Waals surface area contributed by atoms with Crippen molar-refractivity contribution in [3.63, 3.8) is 0 Å². The highest BCUT2D eigenvalue weighted by molar-refractivity contribution is 6.30. The molecule has 1 atom stereocenters. The van der Waals surface area contributed by atoms with Gasteiger partial charge < -0.3 is 10.3 Å². The number of halogens is 1. The third-order valence-electron chi connectivity index (χ3n) is 3.61. The van der Waals surface area contributed by atoms with Gasteiger partial charge in [0.25, 0.3) is 0 Å².